The Hall–Kier alpha value is 1.30. The number of rotatable bonds is 0. The first kappa shape index (κ1) is 18.7. The molecule has 0 aromatic rings. The Morgan fingerprint density at radius 3 is 1.60 bits per heavy atom. The van der Waals surface area contributed by atoms with Gasteiger partial charge in [0.2, 0.25) is 0 Å². The summed E-state index contributed by atoms with van der Waals surface area (Å²) in [6.07, 6.45) is 7.00. The Kier molecular flexibility index (Phi) is 14.6. The van der Waals surface area contributed by atoms with Gasteiger partial charge in [-0.3, -0.25) is 0 Å². The summed E-state index contributed by atoms with van der Waals surface area (Å²) in [5.41, 5.74) is 0. The van der Waals surface area contributed by atoms with Gasteiger partial charge in [-0.2, -0.15) is 12.8 Å². The van der Waals surface area contributed by atoms with E-state index in [4.69, 9.17) is 9.47 Å². The fourth-order valence-electron chi connectivity index (χ4n) is 1.39. The Morgan fingerprint density at radius 2 is 1.40 bits per heavy atom. The largest absolute Gasteiger partial charge is 0.550 e. The van der Waals surface area contributed by atoms with E-state index in [9.17, 15) is 0 Å². The molecular formula is C11H20O2W2-2. The zero-order valence-corrected chi connectivity index (χ0v) is 15.3. The third-order valence-electron chi connectivity index (χ3n) is 2.28. The van der Waals surface area contributed by atoms with Crippen molar-refractivity contribution in [2.24, 2.45) is 0 Å². The summed E-state index contributed by atoms with van der Waals surface area (Å²) < 4.78 is 10.2. The molecule has 2 aliphatic heterocycles. The maximum absolute atomic E-state index is 5.15. The van der Waals surface area contributed by atoms with Gasteiger partial charge in [0.05, 0.1) is 0 Å². The van der Waals surface area contributed by atoms with Crippen molar-refractivity contribution in [1.29, 1.82) is 0 Å². The molecule has 2 atom stereocenters. The van der Waals surface area contributed by atoms with Crippen molar-refractivity contribution in [2.75, 3.05) is 0 Å². The molecule has 0 aromatic heterocycles. The molecular weight excluding hydrogens is 532 g/mol. The third-order valence-corrected chi connectivity index (χ3v) is 2.28. The summed E-state index contributed by atoms with van der Waals surface area (Å²) in [5.74, 6) is 0. The first-order chi connectivity index (χ1) is 6.29. The van der Waals surface area contributed by atoms with E-state index in [2.05, 4.69) is 13.8 Å². The van der Waals surface area contributed by atoms with Crippen molar-refractivity contribution in [3.8, 4) is 0 Å². The topological polar surface area (TPSA) is 18.5 Å². The average Bonchev–Trinajstić information content (AvgIpc) is 2.58. The minimum absolute atomic E-state index is 0. The fraction of sp³-hybridized carbons (Fsp3) is 0.818. The molecule has 0 aliphatic carbocycles. The summed E-state index contributed by atoms with van der Waals surface area (Å²) in [4.78, 5) is 0. The maximum Gasteiger partial charge on any atom is 0.0200 e. The second kappa shape index (κ2) is 11.8. The van der Waals surface area contributed by atoms with Crippen LogP contribution in [0.1, 0.15) is 46.0 Å². The van der Waals surface area contributed by atoms with Crippen molar-refractivity contribution in [3.05, 3.63) is 13.2 Å². The van der Waals surface area contributed by atoms with Crippen molar-refractivity contribution in [2.45, 2.75) is 58.2 Å². The summed E-state index contributed by atoms with van der Waals surface area (Å²) >= 11 is 0. The third kappa shape index (κ3) is 10.2. The van der Waals surface area contributed by atoms with Crippen LogP contribution in [-0.2, 0) is 51.6 Å². The molecule has 0 N–H and O–H groups in total. The van der Waals surface area contributed by atoms with Gasteiger partial charge in [-0.05, 0) is 20.3 Å². The smallest absolute Gasteiger partial charge is 0.0200 e. The molecule has 2 aliphatic rings. The molecule has 0 bridgehead atoms. The van der Waals surface area contributed by atoms with Gasteiger partial charge >= 0.3 is 0 Å². The number of hydrogen-bond donors (Lipinski definition) is 0. The van der Waals surface area contributed by atoms with Crippen LogP contribution in [0.5, 0.6) is 0 Å². The van der Waals surface area contributed by atoms with Gasteiger partial charge in [-0.15, -0.1) is 0 Å². The van der Waals surface area contributed by atoms with Crippen LogP contribution in [-0.4, -0.2) is 12.2 Å². The molecule has 0 spiro atoms. The summed E-state index contributed by atoms with van der Waals surface area (Å²) in [6, 6.07) is 0. The van der Waals surface area contributed by atoms with E-state index in [-0.39, 0.29) is 42.1 Å². The molecule has 4 heteroatoms. The van der Waals surface area contributed by atoms with Gasteiger partial charge in [0.15, 0.2) is 0 Å². The van der Waals surface area contributed by atoms with Crippen LogP contribution in [0.4, 0.5) is 0 Å². The van der Waals surface area contributed by atoms with Gasteiger partial charge in [0.1, 0.15) is 0 Å². The zero-order chi connectivity index (χ0) is 9.52. The van der Waals surface area contributed by atoms with Crippen molar-refractivity contribution >= 4 is 0 Å². The van der Waals surface area contributed by atoms with Crippen LogP contribution in [0.2, 0.25) is 0 Å². The van der Waals surface area contributed by atoms with E-state index >= 15 is 0 Å². The van der Waals surface area contributed by atoms with E-state index in [1.807, 2.05) is 13.2 Å². The standard InChI is InChI=1S/C6H11O.C5H9O.2W/c1-6-4-2-3-5-7-6;1-5-3-2-4-6-5;;/h5-6H,2-4H2,1H3;4-5H,2-3H2,1H3;;/q2*-1;;. The van der Waals surface area contributed by atoms with Crippen LogP contribution >= 0.6 is 0 Å². The minimum Gasteiger partial charge on any atom is -0.550 e. The second-order valence-electron chi connectivity index (χ2n) is 3.73. The zero-order valence-electron chi connectivity index (χ0n) is 9.48. The monoisotopic (exact) mass is 552 g/mol. The van der Waals surface area contributed by atoms with E-state index in [1.165, 1.54) is 19.3 Å². The van der Waals surface area contributed by atoms with Gasteiger partial charge in [0, 0.05) is 54.3 Å². The van der Waals surface area contributed by atoms with Crippen molar-refractivity contribution < 1.29 is 51.6 Å². The summed E-state index contributed by atoms with van der Waals surface area (Å²) in [6.45, 7) is 7.98. The van der Waals surface area contributed by atoms with Crippen molar-refractivity contribution in [3.63, 3.8) is 0 Å². The van der Waals surface area contributed by atoms with Gasteiger partial charge in [0.25, 0.3) is 0 Å². The Labute approximate surface area is 122 Å². The molecule has 0 amide bonds. The van der Waals surface area contributed by atoms with Gasteiger partial charge in [-0.1, -0.05) is 12.8 Å². The molecule has 15 heavy (non-hydrogen) atoms. The van der Waals surface area contributed by atoms with Crippen LogP contribution in [0, 0.1) is 13.2 Å². The predicted octanol–water partition coefficient (Wildman–Crippen LogP) is 3.08. The van der Waals surface area contributed by atoms with E-state index in [1.54, 1.807) is 0 Å². The maximum atomic E-state index is 5.15. The van der Waals surface area contributed by atoms with Crippen molar-refractivity contribution in [1.82, 2.24) is 0 Å². The molecule has 0 aromatic carbocycles. The molecule has 0 radical (unpaired) electrons. The van der Waals surface area contributed by atoms with Gasteiger partial charge in [-0.25, -0.2) is 13.2 Å². The Morgan fingerprint density at radius 1 is 0.867 bits per heavy atom. The molecule has 90 valence electrons. The molecule has 2 unspecified atom stereocenters. The quantitative estimate of drug-likeness (QED) is 0.431. The van der Waals surface area contributed by atoms with E-state index in [0.29, 0.717) is 12.2 Å². The Bertz CT molecular complexity index is 122. The first-order valence-electron chi connectivity index (χ1n) is 5.23. The normalized spacial score (nSPS) is 29.2. The average molecular weight is 552 g/mol. The molecule has 2 rings (SSSR count). The van der Waals surface area contributed by atoms with Crippen LogP contribution in [0.15, 0.2) is 0 Å². The second-order valence-corrected chi connectivity index (χ2v) is 3.73. The SMILES string of the molecule is CC1CCC[CH-]O1.CC1CC[CH-]O1.[W].[W]. The number of ether oxygens (including phenoxy) is 2. The van der Waals surface area contributed by atoms with E-state index < -0.39 is 0 Å². The minimum atomic E-state index is 0. The Balaban J connectivity index is 0. The van der Waals surface area contributed by atoms with E-state index in [0.717, 1.165) is 12.8 Å². The number of hydrogen-bond acceptors (Lipinski definition) is 2. The van der Waals surface area contributed by atoms with Crippen LogP contribution < -0.4 is 0 Å². The summed E-state index contributed by atoms with van der Waals surface area (Å²) in [5, 5.41) is 0. The molecule has 0 saturated carbocycles. The summed E-state index contributed by atoms with van der Waals surface area (Å²) in [7, 11) is 0. The molecule has 2 fully saturated rings. The van der Waals surface area contributed by atoms with Gasteiger partial charge < -0.3 is 9.47 Å². The predicted molar refractivity (Wildman–Crippen MR) is 52.8 cm³/mol. The molecule has 2 saturated heterocycles. The van der Waals surface area contributed by atoms with Crippen LogP contribution in [0.25, 0.3) is 0 Å². The fourth-order valence-corrected chi connectivity index (χ4v) is 1.39. The molecule has 2 nitrogen and oxygen atoms in total. The van der Waals surface area contributed by atoms with Crippen LogP contribution in [0.3, 0.4) is 0 Å². The molecule has 2 heterocycles. The first-order valence-corrected chi connectivity index (χ1v) is 5.23.